The summed E-state index contributed by atoms with van der Waals surface area (Å²) in [7, 11) is 0. The highest BCUT2D eigenvalue weighted by molar-refractivity contribution is 5.45. The van der Waals surface area contributed by atoms with Gasteiger partial charge >= 0.3 is 0 Å². The van der Waals surface area contributed by atoms with Crippen LogP contribution in [0.3, 0.4) is 0 Å². The van der Waals surface area contributed by atoms with Crippen molar-refractivity contribution in [2.45, 2.75) is 13.5 Å². The molecule has 82 valence electrons. The Labute approximate surface area is 95.3 Å². The lowest BCUT2D eigenvalue weighted by Crippen LogP contribution is -2.03. The van der Waals surface area contributed by atoms with Crippen LogP contribution in [0, 0.1) is 6.92 Å². The van der Waals surface area contributed by atoms with Crippen LogP contribution in [0.5, 0.6) is 0 Å². The molecule has 0 aliphatic heterocycles. The van der Waals surface area contributed by atoms with Crippen LogP contribution in [0.25, 0.3) is 0 Å². The molecule has 0 unspecified atom stereocenters. The maximum absolute atomic E-state index is 5.61. The molecule has 0 bridgehead atoms. The van der Waals surface area contributed by atoms with E-state index in [4.69, 9.17) is 5.73 Å². The van der Waals surface area contributed by atoms with E-state index in [1.165, 1.54) is 5.56 Å². The summed E-state index contributed by atoms with van der Waals surface area (Å²) in [5, 5.41) is 3.31. The predicted octanol–water partition coefficient (Wildman–Crippen LogP) is 2.58. The fourth-order valence-electron chi connectivity index (χ4n) is 1.54. The first-order chi connectivity index (χ1) is 7.74. The standard InChI is InChI=1S/C13H15N3/c1-10-4-2-5-11(8-10)15-9-12-6-3-7-13(14)16-12/h2-8,15H,9H2,1H3,(H2,14,16). The van der Waals surface area contributed by atoms with Crippen LogP contribution in [0.15, 0.2) is 42.5 Å². The molecule has 2 rings (SSSR count). The minimum Gasteiger partial charge on any atom is -0.384 e. The van der Waals surface area contributed by atoms with Crippen molar-refractivity contribution in [3.05, 3.63) is 53.7 Å². The Kier molecular flexibility index (Phi) is 3.05. The Morgan fingerprint density at radius 1 is 1.19 bits per heavy atom. The number of aryl methyl sites for hydroxylation is 1. The molecule has 0 aliphatic carbocycles. The Morgan fingerprint density at radius 2 is 2.00 bits per heavy atom. The lowest BCUT2D eigenvalue weighted by atomic mass is 10.2. The van der Waals surface area contributed by atoms with Crippen molar-refractivity contribution in [3.8, 4) is 0 Å². The highest BCUT2D eigenvalue weighted by Crippen LogP contribution is 2.11. The lowest BCUT2D eigenvalue weighted by Gasteiger charge is -2.06. The van der Waals surface area contributed by atoms with Crippen LogP contribution in [0.1, 0.15) is 11.3 Å². The molecule has 1 heterocycles. The SMILES string of the molecule is Cc1cccc(NCc2cccc(N)n2)c1. The predicted molar refractivity (Wildman–Crippen MR) is 67.2 cm³/mol. The number of hydrogen-bond donors (Lipinski definition) is 2. The largest absolute Gasteiger partial charge is 0.384 e. The zero-order valence-corrected chi connectivity index (χ0v) is 9.27. The Balaban J connectivity index is 2.02. The summed E-state index contributed by atoms with van der Waals surface area (Å²) in [5.41, 5.74) is 8.90. The molecule has 2 aromatic rings. The van der Waals surface area contributed by atoms with E-state index in [2.05, 4.69) is 29.4 Å². The topological polar surface area (TPSA) is 50.9 Å². The molecule has 0 aliphatic rings. The molecule has 3 nitrogen and oxygen atoms in total. The molecule has 16 heavy (non-hydrogen) atoms. The second-order valence-electron chi connectivity index (χ2n) is 3.78. The summed E-state index contributed by atoms with van der Waals surface area (Å²) < 4.78 is 0. The summed E-state index contributed by atoms with van der Waals surface area (Å²) in [6.07, 6.45) is 0. The van der Waals surface area contributed by atoms with Gasteiger partial charge in [0.05, 0.1) is 12.2 Å². The Hall–Kier alpha value is -2.03. The molecular weight excluding hydrogens is 198 g/mol. The second kappa shape index (κ2) is 4.66. The number of anilines is 2. The van der Waals surface area contributed by atoms with E-state index < -0.39 is 0 Å². The van der Waals surface area contributed by atoms with Crippen molar-refractivity contribution in [3.63, 3.8) is 0 Å². The molecule has 0 radical (unpaired) electrons. The van der Waals surface area contributed by atoms with E-state index in [-0.39, 0.29) is 0 Å². The minimum atomic E-state index is 0.559. The van der Waals surface area contributed by atoms with Gasteiger partial charge in [0, 0.05) is 5.69 Å². The summed E-state index contributed by atoms with van der Waals surface area (Å²) in [6, 6.07) is 13.9. The van der Waals surface area contributed by atoms with E-state index in [1.54, 1.807) is 6.07 Å². The van der Waals surface area contributed by atoms with Gasteiger partial charge in [-0.3, -0.25) is 0 Å². The third kappa shape index (κ3) is 2.73. The zero-order valence-electron chi connectivity index (χ0n) is 9.27. The highest BCUT2D eigenvalue weighted by atomic mass is 14.9. The maximum atomic E-state index is 5.61. The van der Waals surface area contributed by atoms with Gasteiger partial charge in [-0.2, -0.15) is 0 Å². The molecule has 0 atom stereocenters. The zero-order chi connectivity index (χ0) is 11.4. The van der Waals surface area contributed by atoms with Gasteiger partial charge in [0.25, 0.3) is 0 Å². The van der Waals surface area contributed by atoms with E-state index in [9.17, 15) is 0 Å². The molecule has 0 fully saturated rings. The molecule has 1 aromatic heterocycles. The highest BCUT2D eigenvalue weighted by Gasteiger charge is 1.96. The van der Waals surface area contributed by atoms with Crippen LogP contribution in [0.2, 0.25) is 0 Å². The maximum Gasteiger partial charge on any atom is 0.123 e. The normalized spacial score (nSPS) is 10.1. The smallest absolute Gasteiger partial charge is 0.123 e. The number of nitrogens with two attached hydrogens (primary N) is 1. The number of nitrogens with one attached hydrogen (secondary N) is 1. The van der Waals surface area contributed by atoms with Gasteiger partial charge in [-0.25, -0.2) is 4.98 Å². The number of pyridine rings is 1. The van der Waals surface area contributed by atoms with Crippen LogP contribution in [-0.4, -0.2) is 4.98 Å². The molecular formula is C13H15N3. The molecule has 0 amide bonds. The molecule has 0 spiro atoms. The van der Waals surface area contributed by atoms with Crippen LogP contribution < -0.4 is 11.1 Å². The quantitative estimate of drug-likeness (QED) is 0.824. The first-order valence-corrected chi connectivity index (χ1v) is 5.26. The van der Waals surface area contributed by atoms with E-state index in [0.29, 0.717) is 12.4 Å². The first-order valence-electron chi connectivity index (χ1n) is 5.26. The summed E-state index contributed by atoms with van der Waals surface area (Å²) in [6.45, 7) is 2.76. The van der Waals surface area contributed by atoms with Crippen molar-refractivity contribution in [1.82, 2.24) is 4.98 Å². The van der Waals surface area contributed by atoms with Gasteiger partial charge in [-0.05, 0) is 36.8 Å². The fourth-order valence-corrected chi connectivity index (χ4v) is 1.54. The van der Waals surface area contributed by atoms with Gasteiger partial charge < -0.3 is 11.1 Å². The van der Waals surface area contributed by atoms with E-state index >= 15 is 0 Å². The van der Waals surface area contributed by atoms with Crippen LogP contribution >= 0.6 is 0 Å². The van der Waals surface area contributed by atoms with E-state index in [0.717, 1.165) is 11.4 Å². The summed E-state index contributed by atoms with van der Waals surface area (Å²) >= 11 is 0. The summed E-state index contributed by atoms with van der Waals surface area (Å²) in [5.74, 6) is 0.559. The number of hydrogen-bond acceptors (Lipinski definition) is 3. The Bertz CT molecular complexity index is 435. The third-order valence-electron chi connectivity index (χ3n) is 2.32. The summed E-state index contributed by atoms with van der Waals surface area (Å²) in [4.78, 5) is 4.23. The molecule has 3 N–H and O–H groups in total. The second-order valence-corrected chi connectivity index (χ2v) is 3.78. The fraction of sp³-hybridized carbons (Fsp3) is 0.154. The van der Waals surface area contributed by atoms with Gasteiger partial charge in [0.1, 0.15) is 5.82 Å². The number of aromatic nitrogens is 1. The van der Waals surface area contributed by atoms with Crippen molar-refractivity contribution < 1.29 is 0 Å². The lowest BCUT2D eigenvalue weighted by molar-refractivity contribution is 1.05. The van der Waals surface area contributed by atoms with Crippen molar-refractivity contribution in [1.29, 1.82) is 0 Å². The average molecular weight is 213 g/mol. The van der Waals surface area contributed by atoms with Gasteiger partial charge in [0.15, 0.2) is 0 Å². The van der Waals surface area contributed by atoms with Gasteiger partial charge in [-0.1, -0.05) is 18.2 Å². The first kappa shape index (κ1) is 10.5. The van der Waals surface area contributed by atoms with Gasteiger partial charge in [-0.15, -0.1) is 0 Å². The van der Waals surface area contributed by atoms with Gasteiger partial charge in [0.2, 0.25) is 0 Å². The third-order valence-corrected chi connectivity index (χ3v) is 2.32. The van der Waals surface area contributed by atoms with Crippen LogP contribution in [0.4, 0.5) is 11.5 Å². The minimum absolute atomic E-state index is 0.559. The number of nitrogen functional groups attached to an aromatic ring is 1. The molecule has 1 aromatic carbocycles. The number of nitrogens with zero attached hydrogens (tertiary/aromatic N) is 1. The van der Waals surface area contributed by atoms with E-state index in [1.807, 2.05) is 24.3 Å². The molecule has 0 saturated heterocycles. The average Bonchev–Trinajstić information content (AvgIpc) is 2.27. The molecule has 3 heteroatoms. The Morgan fingerprint density at radius 3 is 2.75 bits per heavy atom. The number of benzene rings is 1. The molecule has 0 saturated carbocycles. The number of rotatable bonds is 3. The van der Waals surface area contributed by atoms with Crippen molar-refractivity contribution in [2.75, 3.05) is 11.1 Å². The van der Waals surface area contributed by atoms with Crippen LogP contribution in [-0.2, 0) is 6.54 Å². The monoisotopic (exact) mass is 213 g/mol. The van der Waals surface area contributed by atoms with Crippen molar-refractivity contribution in [2.24, 2.45) is 0 Å². The van der Waals surface area contributed by atoms with Crippen molar-refractivity contribution >= 4 is 11.5 Å².